The smallest absolute Gasteiger partial charge is 0.269 e. The largest absolute Gasteiger partial charge is 0.411 e. The third kappa shape index (κ3) is 2.89. The Kier molecular flexibility index (Phi) is 3.99. The number of nitrogens with one attached hydrogen (secondary N) is 1. The number of rotatable bonds is 3. The fourth-order valence-electron chi connectivity index (χ4n) is 2.25. The van der Waals surface area contributed by atoms with Gasteiger partial charge in [-0.15, -0.1) is 0 Å². The fraction of sp³-hybridized carbons (Fsp3) is 0.0625. The number of hydrogen-bond donors (Lipinski definition) is 2. The molecule has 0 bridgehead atoms. The van der Waals surface area contributed by atoms with Crippen molar-refractivity contribution >= 4 is 35.0 Å². The molecule has 3 aromatic rings. The van der Waals surface area contributed by atoms with Crippen LogP contribution in [-0.2, 0) is 0 Å². The molecule has 0 amide bonds. The summed E-state index contributed by atoms with van der Waals surface area (Å²) in [5, 5.41) is 15.5. The predicted molar refractivity (Wildman–Crippen MR) is 90.3 cm³/mol. The van der Waals surface area contributed by atoms with Crippen molar-refractivity contribution in [3.8, 4) is 0 Å². The molecule has 0 radical (unpaired) electrons. The van der Waals surface area contributed by atoms with Gasteiger partial charge in [-0.25, -0.2) is 4.98 Å². The Morgan fingerprint density at radius 3 is 2.74 bits per heavy atom. The number of aromatic nitrogens is 2. The molecule has 0 fully saturated rings. The van der Waals surface area contributed by atoms with Crippen LogP contribution in [0.15, 0.2) is 52.5 Å². The number of aryl methyl sites for hydroxylation is 1. The molecule has 1 aromatic carbocycles. The second kappa shape index (κ2) is 6.10. The molecule has 7 heteroatoms. The van der Waals surface area contributed by atoms with Gasteiger partial charge in [0, 0.05) is 16.9 Å². The Morgan fingerprint density at radius 2 is 2.04 bits per heavy atom. The first-order valence-electron chi connectivity index (χ1n) is 6.82. The number of oxime groups is 1. The Bertz CT molecular complexity index is 949. The molecule has 0 atom stereocenters. The van der Waals surface area contributed by atoms with Crippen molar-refractivity contribution < 1.29 is 5.21 Å². The monoisotopic (exact) mass is 328 g/mol. The van der Waals surface area contributed by atoms with Crippen LogP contribution < -0.4 is 10.9 Å². The summed E-state index contributed by atoms with van der Waals surface area (Å²) in [5.74, 6) is 0.310. The fourth-order valence-corrected chi connectivity index (χ4v) is 2.38. The van der Waals surface area contributed by atoms with Gasteiger partial charge in [-0.1, -0.05) is 22.8 Å². The Morgan fingerprint density at radius 1 is 1.30 bits per heavy atom. The van der Waals surface area contributed by atoms with Crippen molar-refractivity contribution in [3.05, 3.63) is 69.1 Å². The summed E-state index contributed by atoms with van der Waals surface area (Å²) in [5.41, 5.74) is 1.94. The molecule has 0 spiro atoms. The van der Waals surface area contributed by atoms with Crippen LogP contribution in [0.3, 0.4) is 0 Å². The highest BCUT2D eigenvalue weighted by Crippen LogP contribution is 2.20. The standard InChI is InChI=1S/C16H13ClN4O2/c1-10-3-2-8-21-15(10)20-14(13(9-18-23)16(21)22)19-12-6-4-11(17)5-7-12/h2-9,19,23H,1H3/b18-9-. The zero-order valence-corrected chi connectivity index (χ0v) is 12.9. The minimum absolute atomic E-state index is 0.158. The van der Waals surface area contributed by atoms with Crippen LogP contribution in [0.2, 0.25) is 5.02 Å². The van der Waals surface area contributed by atoms with E-state index in [0.29, 0.717) is 22.2 Å². The van der Waals surface area contributed by atoms with Crippen LogP contribution in [0.4, 0.5) is 11.5 Å². The second-order valence-electron chi connectivity index (χ2n) is 4.94. The summed E-state index contributed by atoms with van der Waals surface area (Å²) in [7, 11) is 0. The van der Waals surface area contributed by atoms with Gasteiger partial charge < -0.3 is 10.5 Å². The van der Waals surface area contributed by atoms with Crippen LogP contribution in [-0.4, -0.2) is 20.8 Å². The molecule has 0 aliphatic heterocycles. The molecule has 0 unspecified atom stereocenters. The molecule has 0 aliphatic rings. The van der Waals surface area contributed by atoms with E-state index < -0.39 is 0 Å². The first kappa shape index (κ1) is 15.1. The van der Waals surface area contributed by atoms with Crippen LogP contribution in [0.5, 0.6) is 0 Å². The van der Waals surface area contributed by atoms with Gasteiger partial charge in [-0.2, -0.15) is 0 Å². The minimum Gasteiger partial charge on any atom is -0.411 e. The van der Waals surface area contributed by atoms with Crippen LogP contribution in [0.25, 0.3) is 5.65 Å². The van der Waals surface area contributed by atoms with Crippen LogP contribution >= 0.6 is 11.6 Å². The number of fused-ring (bicyclic) bond motifs is 1. The third-order valence-electron chi connectivity index (χ3n) is 3.38. The quantitative estimate of drug-likeness (QED) is 0.439. The van der Waals surface area contributed by atoms with E-state index >= 15 is 0 Å². The zero-order chi connectivity index (χ0) is 16.4. The molecule has 2 N–H and O–H groups in total. The molecule has 0 aliphatic carbocycles. The summed E-state index contributed by atoms with van der Waals surface area (Å²) in [6, 6.07) is 10.6. The van der Waals surface area contributed by atoms with E-state index in [2.05, 4.69) is 15.5 Å². The third-order valence-corrected chi connectivity index (χ3v) is 3.63. The maximum absolute atomic E-state index is 12.6. The molecule has 6 nitrogen and oxygen atoms in total. The first-order chi connectivity index (χ1) is 11.1. The van der Waals surface area contributed by atoms with Gasteiger partial charge in [0.1, 0.15) is 17.0 Å². The molecule has 2 heterocycles. The molecule has 2 aromatic heterocycles. The lowest BCUT2D eigenvalue weighted by Crippen LogP contribution is -2.22. The van der Waals surface area contributed by atoms with Gasteiger partial charge in [0.05, 0.1) is 6.21 Å². The summed E-state index contributed by atoms with van der Waals surface area (Å²) < 4.78 is 1.42. The van der Waals surface area contributed by atoms with E-state index in [4.69, 9.17) is 16.8 Å². The second-order valence-corrected chi connectivity index (χ2v) is 5.38. The summed E-state index contributed by atoms with van der Waals surface area (Å²) >= 11 is 5.87. The first-order valence-corrected chi connectivity index (χ1v) is 7.20. The Hall–Kier alpha value is -2.86. The molecular formula is C16H13ClN4O2. The Balaban J connectivity index is 2.21. The lowest BCUT2D eigenvalue weighted by Gasteiger charge is -2.11. The van der Waals surface area contributed by atoms with Crippen molar-refractivity contribution in [2.45, 2.75) is 6.92 Å². The molecule has 23 heavy (non-hydrogen) atoms. The Labute approximate surface area is 136 Å². The number of hydrogen-bond acceptors (Lipinski definition) is 5. The van der Waals surface area contributed by atoms with E-state index in [0.717, 1.165) is 11.8 Å². The van der Waals surface area contributed by atoms with Crippen molar-refractivity contribution in [3.63, 3.8) is 0 Å². The minimum atomic E-state index is -0.326. The lowest BCUT2D eigenvalue weighted by atomic mass is 10.2. The zero-order valence-electron chi connectivity index (χ0n) is 12.2. The highest BCUT2D eigenvalue weighted by atomic mass is 35.5. The SMILES string of the molecule is Cc1cccn2c(=O)c(/C=N\O)c(Nc3ccc(Cl)cc3)nc12. The van der Waals surface area contributed by atoms with Crippen molar-refractivity contribution in [2.24, 2.45) is 5.16 Å². The van der Waals surface area contributed by atoms with Gasteiger partial charge in [0.25, 0.3) is 5.56 Å². The van der Waals surface area contributed by atoms with E-state index in [1.807, 2.05) is 13.0 Å². The van der Waals surface area contributed by atoms with Gasteiger partial charge in [0.15, 0.2) is 0 Å². The van der Waals surface area contributed by atoms with E-state index in [1.165, 1.54) is 4.40 Å². The maximum atomic E-state index is 12.6. The average Bonchev–Trinajstić information content (AvgIpc) is 2.54. The lowest BCUT2D eigenvalue weighted by molar-refractivity contribution is 0.322. The van der Waals surface area contributed by atoms with Crippen molar-refractivity contribution in [1.82, 2.24) is 9.38 Å². The van der Waals surface area contributed by atoms with Gasteiger partial charge in [-0.3, -0.25) is 9.20 Å². The van der Waals surface area contributed by atoms with Crippen LogP contribution in [0.1, 0.15) is 11.1 Å². The highest BCUT2D eigenvalue weighted by Gasteiger charge is 2.13. The van der Waals surface area contributed by atoms with Crippen molar-refractivity contribution in [2.75, 3.05) is 5.32 Å². The summed E-state index contributed by atoms with van der Waals surface area (Å²) in [6.07, 6.45) is 2.70. The maximum Gasteiger partial charge on any atom is 0.269 e. The summed E-state index contributed by atoms with van der Waals surface area (Å²) in [6.45, 7) is 1.87. The van der Waals surface area contributed by atoms with Crippen LogP contribution in [0, 0.1) is 6.92 Å². The number of halogens is 1. The van der Waals surface area contributed by atoms with Gasteiger partial charge >= 0.3 is 0 Å². The average molecular weight is 329 g/mol. The van der Waals surface area contributed by atoms with Gasteiger partial charge in [0.2, 0.25) is 0 Å². The topological polar surface area (TPSA) is 79.0 Å². The number of nitrogens with zero attached hydrogens (tertiary/aromatic N) is 3. The molecule has 3 rings (SSSR count). The molecule has 0 saturated carbocycles. The normalized spacial score (nSPS) is 11.2. The molecule has 0 saturated heterocycles. The van der Waals surface area contributed by atoms with E-state index in [9.17, 15) is 4.79 Å². The van der Waals surface area contributed by atoms with E-state index in [1.54, 1.807) is 36.5 Å². The number of anilines is 2. The molecular weight excluding hydrogens is 316 g/mol. The van der Waals surface area contributed by atoms with E-state index in [-0.39, 0.29) is 11.1 Å². The van der Waals surface area contributed by atoms with Crippen molar-refractivity contribution in [1.29, 1.82) is 0 Å². The summed E-state index contributed by atoms with van der Waals surface area (Å²) in [4.78, 5) is 17.1. The highest BCUT2D eigenvalue weighted by molar-refractivity contribution is 6.30. The molecule has 116 valence electrons. The number of benzene rings is 1. The van der Waals surface area contributed by atoms with Gasteiger partial charge in [-0.05, 0) is 42.8 Å². The predicted octanol–water partition coefficient (Wildman–Crippen LogP) is 3.21. The number of pyridine rings is 1.